The lowest BCUT2D eigenvalue weighted by Crippen LogP contribution is -2.29. The number of nitrogens with one attached hydrogen (secondary N) is 2. The van der Waals surface area contributed by atoms with Crippen molar-refractivity contribution < 1.29 is 4.79 Å². The van der Waals surface area contributed by atoms with E-state index < -0.39 is 0 Å². The SMILES string of the molecule is CCCn1ccc2ccc(NC(=O)CNCC3CC3)cc21. The van der Waals surface area contributed by atoms with Gasteiger partial charge in [0.2, 0.25) is 5.91 Å². The molecular weight excluding hydrogens is 262 g/mol. The van der Waals surface area contributed by atoms with Crippen LogP contribution in [-0.4, -0.2) is 23.6 Å². The maximum absolute atomic E-state index is 11.9. The predicted octanol–water partition coefficient (Wildman–Crippen LogP) is 2.99. The number of aryl methyl sites for hydroxylation is 1. The molecule has 2 aromatic rings. The molecule has 0 atom stereocenters. The van der Waals surface area contributed by atoms with E-state index in [9.17, 15) is 4.79 Å². The first-order valence-corrected chi connectivity index (χ1v) is 7.85. The maximum Gasteiger partial charge on any atom is 0.238 e. The molecule has 21 heavy (non-hydrogen) atoms. The third-order valence-corrected chi connectivity index (χ3v) is 3.94. The van der Waals surface area contributed by atoms with Gasteiger partial charge in [-0.15, -0.1) is 0 Å². The fourth-order valence-corrected chi connectivity index (χ4v) is 2.61. The van der Waals surface area contributed by atoms with Crippen LogP contribution >= 0.6 is 0 Å². The van der Waals surface area contributed by atoms with E-state index in [0.717, 1.165) is 31.1 Å². The van der Waals surface area contributed by atoms with Crippen LogP contribution in [0.2, 0.25) is 0 Å². The Balaban J connectivity index is 1.62. The summed E-state index contributed by atoms with van der Waals surface area (Å²) in [5.41, 5.74) is 2.05. The number of fused-ring (bicyclic) bond motifs is 1. The molecule has 112 valence electrons. The third-order valence-electron chi connectivity index (χ3n) is 3.94. The number of anilines is 1. The van der Waals surface area contributed by atoms with Crippen LogP contribution in [0.3, 0.4) is 0 Å². The van der Waals surface area contributed by atoms with Gasteiger partial charge in [-0.1, -0.05) is 13.0 Å². The molecule has 1 aromatic carbocycles. The molecule has 4 heteroatoms. The smallest absolute Gasteiger partial charge is 0.238 e. The maximum atomic E-state index is 11.9. The van der Waals surface area contributed by atoms with E-state index in [1.165, 1.54) is 23.7 Å². The molecule has 0 bridgehead atoms. The molecule has 1 amide bonds. The van der Waals surface area contributed by atoms with Crippen molar-refractivity contribution >= 4 is 22.5 Å². The minimum atomic E-state index is 0.0311. The van der Waals surface area contributed by atoms with Gasteiger partial charge in [-0.25, -0.2) is 0 Å². The van der Waals surface area contributed by atoms with Gasteiger partial charge in [-0.05, 0) is 55.3 Å². The summed E-state index contributed by atoms with van der Waals surface area (Å²) < 4.78 is 2.23. The molecule has 0 saturated heterocycles. The van der Waals surface area contributed by atoms with Gasteiger partial charge in [0.1, 0.15) is 0 Å². The Hall–Kier alpha value is -1.81. The summed E-state index contributed by atoms with van der Waals surface area (Å²) in [6, 6.07) is 8.21. The van der Waals surface area contributed by atoms with E-state index in [2.05, 4.69) is 46.5 Å². The highest BCUT2D eigenvalue weighted by molar-refractivity contribution is 5.94. The average Bonchev–Trinajstić information content (AvgIpc) is 3.21. The van der Waals surface area contributed by atoms with Crippen LogP contribution < -0.4 is 10.6 Å². The van der Waals surface area contributed by atoms with Gasteiger partial charge in [-0.3, -0.25) is 4.79 Å². The molecule has 3 rings (SSSR count). The van der Waals surface area contributed by atoms with E-state index in [4.69, 9.17) is 0 Å². The van der Waals surface area contributed by atoms with Gasteiger partial charge < -0.3 is 15.2 Å². The fourth-order valence-electron chi connectivity index (χ4n) is 2.61. The normalized spacial score (nSPS) is 14.5. The number of hydrogen-bond donors (Lipinski definition) is 2. The molecule has 1 heterocycles. The number of carbonyl (C=O) groups is 1. The molecule has 0 unspecified atom stereocenters. The lowest BCUT2D eigenvalue weighted by molar-refractivity contribution is -0.115. The summed E-state index contributed by atoms with van der Waals surface area (Å²) >= 11 is 0. The lowest BCUT2D eigenvalue weighted by atomic mass is 10.2. The quantitative estimate of drug-likeness (QED) is 0.821. The van der Waals surface area contributed by atoms with E-state index >= 15 is 0 Å². The summed E-state index contributed by atoms with van der Waals surface area (Å²) in [5.74, 6) is 0.829. The number of amides is 1. The Kier molecular flexibility index (Phi) is 4.25. The first-order valence-electron chi connectivity index (χ1n) is 7.85. The van der Waals surface area contributed by atoms with Gasteiger partial charge in [0, 0.05) is 18.4 Å². The second kappa shape index (κ2) is 6.31. The molecule has 2 N–H and O–H groups in total. The highest BCUT2D eigenvalue weighted by Crippen LogP contribution is 2.27. The highest BCUT2D eigenvalue weighted by Gasteiger charge is 2.20. The fraction of sp³-hybridized carbons (Fsp3) is 0.471. The second-order valence-electron chi connectivity index (χ2n) is 5.91. The number of hydrogen-bond acceptors (Lipinski definition) is 2. The Morgan fingerprint density at radius 3 is 2.95 bits per heavy atom. The van der Waals surface area contributed by atoms with E-state index in [1.807, 2.05) is 6.07 Å². The summed E-state index contributed by atoms with van der Waals surface area (Å²) in [7, 11) is 0. The van der Waals surface area contributed by atoms with E-state index in [0.29, 0.717) is 6.54 Å². The van der Waals surface area contributed by atoms with Gasteiger partial charge in [0.05, 0.1) is 12.1 Å². The zero-order valence-electron chi connectivity index (χ0n) is 12.6. The molecule has 0 aliphatic heterocycles. The van der Waals surface area contributed by atoms with Gasteiger partial charge in [0.25, 0.3) is 0 Å². The third kappa shape index (κ3) is 3.64. The van der Waals surface area contributed by atoms with Crippen molar-refractivity contribution in [3.63, 3.8) is 0 Å². The predicted molar refractivity (Wildman–Crippen MR) is 86.5 cm³/mol. The summed E-state index contributed by atoms with van der Waals surface area (Å²) in [4.78, 5) is 11.9. The highest BCUT2D eigenvalue weighted by atomic mass is 16.1. The molecular formula is C17H23N3O. The molecule has 1 aliphatic rings. The number of carbonyl (C=O) groups excluding carboxylic acids is 1. The summed E-state index contributed by atoms with van der Waals surface area (Å²) in [6.45, 7) is 4.53. The van der Waals surface area contributed by atoms with Crippen LogP contribution in [-0.2, 0) is 11.3 Å². The summed E-state index contributed by atoms with van der Waals surface area (Å²) in [6.07, 6.45) is 5.82. The zero-order chi connectivity index (χ0) is 14.7. The van der Waals surface area contributed by atoms with E-state index in [-0.39, 0.29) is 5.91 Å². The zero-order valence-corrected chi connectivity index (χ0v) is 12.6. The van der Waals surface area contributed by atoms with Crippen molar-refractivity contribution in [2.45, 2.75) is 32.7 Å². The Morgan fingerprint density at radius 2 is 2.19 bits per heavy atom. The second-order valence-corrected chi connectivity index (χ2v) is 5.91. The largest absolute Gasteiger partial charge is 0.347 e. The molecule has 0 spiro atoms. The molecule has 1 fully saturated rings. The Bertz CT molecular complexity index is 628. The topological polar surface area (TPSA) is 46.1 Å². The number of nitrogens with zero attached hydrogens (tertiary/aromatic N) is 1. The van der Waals surface area contributed by atoms with Crippen LogP contribution in [0.15, 0.2) is 30.5 Å². The monoisotopic (exact) mass is 285 g/mol. The van der Waals surface area contributed by atoms with Gasteiger partial charge >= 0.3 is 0 Å². The molecule has 1 aliphatic carbocycles. The number of aromatic nitrogens is 1. The van der Waals surface area contributed by atoms with Crippen molar-refractivity contribution in [1.29, 1.82) is 0 Å². The Morgan fingerprint density at radius 1 is 1.33 bits per heavy atom. The lowest BCUT2D eigenvalue weighted by Gasteiger charge is -2.08. The van der Waals surface area contributed by atoms with Crippen molar-refractivity contribution in [2.75, 3.05) is 18.4 Å². The van der Waals surface area contributed by atoms with Crippen LogP contribution in [0.25, 0.3) is 10.9 Å². The van der Waals surface area contributed by atoms with Crippen LogP contribution in [0.4, 0.5) is 5.69 Å². The van der Waals surface area contributed by atoms with Crippen molar-refractivity contribution in [3.05, 3.63) is 30.5 Å². The summed E-state index contributed by atoms with van der Waals surface area (Å²) in [5, 5.41) is 7.40. The minimum absolute atomic E-state index is 0.0311. The van der Waals surface area contributed by atoms with E-state index in [1.54, 1.807) is 0 Å². The number of rotatable bonds is 7. The number of benzene rings is 1. The van der Waals surface area contributed by atoms with Crippen LogP contribution in [0, 0.1) is 5.92 Å². The van der Waals surface area contributed by atoms with Crippen molar-refractivity contribution in [3.8, 4) is 0 Å². The standard InChI is InChI=1S/C17H23N3O/c1-2-8-20-9-7-14-5-6-15(10-16(14)20)19-17(21)12-18-11-13-3-4-13/h5-7,9-10,13,18H,2-4,8,11-12H2,1H3,(H,19,21). The molecule has 1 aromatic heterocycles. The molecule has 0 radical (unpaired) electrons. The van der Waals surface area contributed by atoms with Crippen molar-refractivity contribution in [1.82, 2.24) is 9.88 Å². The first kappa shape index (κ1) is 14.1. The average molecular weight is 285 g/mol. The van der Waals surface area contributed by atoms with Crippen LogP contribution in [0.5, 0.6) is 0 Å². The van der Waals surface area contributed by atoms with Gasteiger partial charge in [-0.2, -0.15) is 0 Å². The molecule has 1 saturated carbocycles. The Labute approximate surface area is 125 Å². The van der Waals surface area contributed by atoms with Crippen molar-refractivity contribution in [2.24, 2.45) is 5.92 Å². The first-order chi connectivity index (χ1) is 10.3. The van der Waals surface area contributed by atoms with Gasteiger partial charge in [0.15, 0.2) is 0 Å². The van der Waals surface area contributed by atoms with Crippen LogP contribution in [0.1, 0.15) is 26.2 Å². The minimum Gasteiger partial charge on any atom is -0.347 e. The molecule has 4 nitrogen and oxygen atoms in total.